The molecule has 6 nitrogen and oxygen atoms in total. The van der Waals surface area contributed by atoms with E-state index < -0.39 is 11.9 Å². The second-order valence-electron chi connectivity index (χ2n) is 5.64. The molecule has 0 spiro atoms. The van der Waals surface area contributed by atoms with Crippen LogP contribution in [0.25, 0.3) is 5.69 Å². The Balaban J connectivity index is 1.83. The molecule has 1 amide bonds. The van der Waals surface area contributed by atoms with Crippen LogP contribution in [0, 0.1) is 12.8 Å². The number of hydrogen-bond acceptors (Lipinski definition) is 3. The summed E-state index contributed by atoms with van der Waals surface area (Å²) in [6, 6.07) is 8.92. The normalized spacial score (nSPS) is 17.5. The molecule has 1 unspecified atom stereocenters. The highest BCUT2D eigenvalue weighted by Gasteiger charge is 2.32. The van der Waals surface area contributed by atoms with Gasteiger partial charge in [0.2, 0.25) is 0 Å². The number of likely N-dealkylation sites (tertiary alicyclic amines) is 1. The second-order valence-corrected chi connectivity index (χ2v) is 6.07. The highest BCUT2D eigenvalue weighted by Crippen LogP contribution is 2.21. The van der Waals surface area contributed by atoms with Gasteiger partial charge < -0.3 is 10.0 Å². The van der Waals surface area contributed by atoms with Crippen molar-refractivity contribution in [3.05, 3.63) is 46.7 Å². The summed E-state index contributed by atoms with van der Waals surface area (Å²) in [7, 11) is 0. The van der Waals surface area contributed by atoms with Gasteiger partial charge in [0.05, 0.1) is 11.6 Å². The van der Waals surface area contributed by atoms with E-state index in [9.17, 15) is 9.59 Å². The van der Waals surface area contributed by atoms with E-state index in [-0.39, 0.29) is 12.5 Å². The summed E-state index contributed by atoms with van der Waals surface area (Å²) in [6.07, 6.45) is 0.481. The second kappa shape index (κ2) is 6.04. The molecule has 1 aliphatic rings. The van der Waals surface area contributed by atoms with E-state index >= 15 is 0 Å². The lowest BCUT2D eigenvalue weighted by Crippen LogP contribution is -2.30. The third-order valence-corrected chi connectivity index (χ3v) is 4.22. The zero-order valence-corrected chi connectivity index (χ0v) is 13.3. The van der Waals surface area contributed by atoms with Crippen LogP contribution in [0.3, 0.4) is 0 Å². The molecule has 23 heavy (non-hydrogen) atoms. The van der Waals surface area contributed by atoms with Crippen molar-refractivity contribution in [2.75, 3.05) is 13.1 Å². The molecule has 1 fully saturated rings. The zero-order valence-electron chi connectivity index (χ0n) is 12.6. The molecule has 3 rings (SSSR count). The highest BCUT2D eigenvalue weighted by molar-refractivity contribution is 6.30. The summed E-state index contributed by atoms with van der Waals surface area (Å²) < 4.78 is 1.66. The number of carbonyl (C=O) groups is 2. The summed E-state index contributed by atoms with van der Waals surface area (Å²) in [4.78, 5) is 25.1. The molecule has 120 valence electrons. The van der Waals surface area contributed by atoms with E-state index in [1.807, 2.05) is 19.1 Å². The summed E-state index contributed by atoms with van der Waals surface area (Å²) in [5, 5.41) is 14.0. The number of rotatable bonds is 3. The fraction of sp³-hybridized carbons (Fsp3) is 0.312. The van der Waals surface area contributed by atoms with Crippen molar-refractivity contribution in [3.63, 3.8) is 0 Å². The largest absolute Gasteiger partial charge is 0.481 e. The smallest absolute Gasteiger partial charge is 0.308 e. The number of carboxylic acid groups (broad SMARTS) is 1. The number of amides is 1. The van der Waals surface area contributed by atoms with E-state index in [0.29, 0.717) is 23.7 Å². The number of aromatic nitrogens is 2. The molecule has 1 aromatic heterocycles. The number of aliphatic carboxylic acids is 1. The van der Waals surface area contributed by atoms with Crippen molar-refractivity contribution >= 4 is 23.5 Å². The molecule has 0 radical (unpaired) electrons. The molecule has 2 aromatic rings. The summed E-state index contributed by atoms with van der Waals surface area (Å²) in [6.45, 7) is 2.53. The van der Waals surface area contributed by atoms with Crippen LogP contribution in [0.2, 0.25) is 5.02 Å². The minimum absolute atomic E-state index is 0.233. The van der Waals surface area contributed by atoms with Gasteiger partial charge in [-0.3, -0.25) is 9.59 Å². The predicted molar refractivity (Wildman–Crippen MR) is 85.0 cm³/mol. The Bertz CT molecular complexity index is 772. The van der Waals surface area contributed by atoms with Gasteiger partial charge >= 0.3 is 5.97 Å². The molecule has 1 saturated heterocycles. The topological polar surface area (TPSA) is 75.4 Å². The molecular weight excluding hydrogens is 318 g/mol. The molecule has 0 aliphatic carbocycles. The average Bonchev–Trinajstić information content (AvgIpc) is 3.13. The van der Waals surface area contributed by atoms with Gasteiger partial charge in [-0.15, -0.1) is 0 Å². The first kappa shape index (κ1) is 15.6. The lowest BCUT2D eigenvalue weighted by molar-refractivity contribution is -0.141. The number of halogens is 1. The number of carboxylic acids is 1. The van der Waals surface area contributed by atoms with Gasteiger partial charge in [-0.05, 0) is 37.6 Å². The van der Waals surface area contributed by atoms with E-state index in [0.717, 1.165) is 11.4 Å². The van der Waals surface area contributed by atoms with Crippen LogP contribution in [0.1, 0.15) is 22.6 Å². The van der Waals surface area contributed by atoms with Gasteiger partial charge in [0, 0.05) is 23.8 Å². The van der Waals surface area contributed by atoms with Crippen molar-refractivity contribution < 1.29 is 14.7 Å². The Morgan fingerprint density at radius 2 is 2.13 bits per heavy atom. The molecular formula is C16H16ClN3O3. The van der Waals surface area contributed by atoms with E-state index in [1.165, 1.54) is 0 Å². The molecule has 1 aliphatic heterocycles. The number of benzene rings is 1. The first-order chi connectivity index (χ1) is 11.0. The first-order valence-corrected chi connectivity index (χ1v) is 7.68. The van der Waals surface area contributed by atoms with Gasteiger partial charge in [0.15, 0.2) is 5.69 Å². The summed E-state index contributed by atoms with van der Waals surface area (Å²) in [5.41, 5.74) is 1.90. The van der Waals surface area contributed by atoms with Crippen molar-refractivity contribution in [1.29, 1.82) is 0 Å². The standard InChI is InChI=1S/C16H16ClN3O3/c1-10-7-14(15(21)19-6-5-11(9-19)16(22)23)18-20(10)13-4-2-3-12(17)8-13/h2-4,7-8,11H,5-6,9H2,1H3,(H,22,23). The molecule has 0 bridgehead atoms. The maximum atomic E-state index is 12.5. The van der Waals surface area contributed by atoms with Gasteiger partial charge in [-0.1, -0.05) is 17.7 Å². The predicted octanol–water partition coefficient (Wildman–Crippen LogP) is 2.38. The first-order valence-electron chi connectivity index (χ1n) is 7.30. The Hall–Kier alpha value is -2.34. The summed E-state index contributed by atoms with van der Waals surface area (Å²) >= 11 is 5.99. The Kier molecular flexibility index (Phi) is 4.09. The van der Waals surface area contributed by atoms with E-state index in [2.05, 4.69) is 5.10 Å². The van der Waals surface area contributed by atoms with Gasteiger partial charge in [-0.25, -0.2) is 4.68 Å². The molecule has 1 N–H and O–H groups in total. The van der Waals surface area contributed by atoms with Gasteiger partial charge in [0.25, 0.3) is 5.91 Å². The van der Waals surface area contributed by atoms with Crippen molar-refractivity contribution in [3.8, 4) is 5.69 Å². The van der Waals surface area contributed by atoms with Crippen LogP contribution in [-0.2, 0) is 4.79 Å². The Labute approximate surface area is 138 Å². The van der Waals surface area contributed by atoms with Crippen molar-refractivity contribution in [2.45, 2.75) is 13.3 Å². The quantitative estimate of drug-likeness (QED) is 0.935. The SMILES string of the molecule is Cc1cc(C(=O)N2CCC(C(=O)O)C2)nn1-c1cccc(Cl)c1. The lowest BCUT2D eigenvalue weighted by atomic mass is 10.1. The monoisotopic (exact) mass is 333 g/mol. The van der Waals surface area contributed by atoms with Crippen LogP contribution in [0.15, 0.2) is 30.3 Å². The molecule has 1 atom stereocenters. The number of carbonyl (C=O) groups excluding carboxylic acids is 1. The van der Waals surface area contributed by atoms with Crippen LogP contribution < -0.4 is 0 Å². The molecule has 2 heterocycles. The van der Waals surface area contributed by atoms with Crippen LogP contribution >= 0.6 is 11.6 Å². The molecule has 0 saturated carbocycles. The van der Waals surface area contributed by atoms with E-state index in [4.69, 9.17) is 16.7 Å². The van der Waals surface area contributed by atoms with Crippen molar-refractivity contribution in [1.82, 2.24) is 14.7 Å². The van der Waals surface area contributed by atoms with Crippen LogP contribution in [-0.4, -0.2) is 44.8 Å². The van der Waals surface area contributed by atoms with E-state index in [1.54, 1.807) is 27.8 Å². The third kappa shape index (κ3) is 3.07. The lowest BCUT2D eigenvalue weighted by Gasteiger charge is -2.13. The molecule has 1 aromatic carbocycles. The minimum Gasteiger partial charge on any atom is -0.481 e. The summed E-state index contributed by atoms with van der Waals surface area (Å²) in [5.74, 6) is -1.59. The fourth-order valence-electron chi connectivity index (χ4n) is 2.76. The third-order valence-electron chi connectivity index (χ3n) is 3.98. The maximum absolute atomic E-state index is 12.5. The minimum atomic E-state index is -0.860. The van der Waals surface area contributed by atoms with Crippen molar-refractivity contribution in [2.24, 2.45) is 5.92 Å². The highest BCUT2D eigenvalue weighted by atomic mass is 35.5. The van der Waals surface area contributed by atoms with Crippen LogP contribution in [0.4, 0.5) is 0 Å². The zero-order chi connectivity index (χ0) is 16.6. The Morgan fingerprint density at radius 3 is 2.78 bits per heavy atom. The number of nitrogens with zero attached hydrogens (tertiary/aromatic N) is 3. The van der Waals surface area contributed by atoms with Gasteiger partial charge in [-0.2, -0.15) is 5.10 Å². The van der Waals surface area contributed by atoms with Crippen LogP contribution in [0.5, 0.6) is 0 Å². The average molecular weight is 334 g/mol. The Morgan fingerprint density at radius 1 is 1.35 bits per heavy atom. The maximum Gasteiger partial charge on any atom is 0.308 e. The fourth-order valence-corrected chi connectivity index (χ4v) is 2.94. The van der Waals surface area contributed by atoms with Gasteiger partial charge in [0.1, 0.15) is 0 Å². The number of aryl methyl sites for hydroxylation is 1. The number of hydrogen-bond donors (Lipinski definition) is 1. The molecule has 7 heteroatoms.